The lowest BCUT2D eigenvalue weighted by Crippen LogP contribution is -2.41. The quantitative estimate of drug-likeness (QED) is 0.208. The molecule has 0 bridgehead atoms. The van der Waals surface area contributed by atoms with E-state index in [4.69, 9.17) is 0 Å². The highest BCUT2D eigenvalue weighted by atomic mass is 127. The lowest BCUT2D eigenvalue weighted by atomic mass is 9.90. The van der Waals surface area contributed by atoms with Gasteiger partial charge >= 0.3 is 0 Å². The van der Waals surface area contributed by atoms with Gasteiger partial charge in [0.05, 0.1) is 0 Å². The van der Waals surface area contributed by atoms with Crippen LogP contribution in [-0.4, -0.2) is 32.0 Å². The van der Waals surface area contributed by atoms with Crippen molar-refractivity contribution in [2.45, 2.75) is 58.3 Å². The molecule has 1 aliphatic rings. The van der Waals surface area contributed by atoms with Gasteiger partial charge in [0.25, 0.3) is 0 Å². The van der Waals surface area contributed by atoms with Crippen molar-refractivity contribution in [1.82, 2.24) is 10.6 Å². The fraction of sp³-hybridized carbons (Fsp3) is 0.619. The number of fused-ring (bicyclic) bond motifs is 1. The molecule has 1 unspecified atom stereocenters. The largest absolute Gasteiger partial charge is 0.356 e. The number of guanidine groups is 1. The average Bonchev–Trinajstić information content (AvgIpc) is 2.62. The number of aliphatic imine (C=N–C) groups is 1. The SMILES string of the molecule is CN=C(NCCCCCCC(C)C)NCC1CC(=O)Nc2ccccc21.I. The number of hydrogen-bond acceptors (Lipinski definition) is 2. The minimum absolute atomic E-state index is 0. The summed E-state index contributed by atoms with van der Waals surface area (Å²) in [7, 11) is 1.79. The first kappa shape index (κ1) is 23.7. The molecule has 3 N–H and O–H groups in total. The maximum atomic E-state index is 11.9. The maximum absolute atomic E-state index is 11.9. The van der Waals surface area contributed by atoms with Gasteiger partial charge in [0.1, 0.15) is 0 Å². The molecule has 0 fully saturated rings. The van der Waals surface area contributed by atoms with E-state index in [0.717, 1.165) is 30.5 Å². The normalized spacial score (nSPS) is 16.4. The fourth-order valence-corrected chi connectivity index (χ4v) is 3.36. The van der Waals surface area contributed by atoms with Crippen molar-refractivity contribution in [3.8, 4) is 0 Å². The minimum Gasteiger partial charge on any atom is -0.356 e. The smallest absolute Gasteiger partial charge is 0.225 e. The third-order valence-corrected chi connectivity index (χ3v) is 4.85. The van der Waals surface area contributed by atoms with Gasteiger partial charge in [-0.15, -0.1) is 24.0 Å². The number of anilines is 1. The molecule has 0 radical (unpaired) electrons. The Labute approximate surface area is 181 Å². The number of hydrogen-bond donors (Lipinski definition) is 3. The molecule has 1 atom stereocenters. The van der Waals surface area contributed by atoms with Crippen LogP contribution in [0.15, 0.2) is 29.3 Å². The molecule has 0 saturated heterocycles. The number of nitrogens with one attached hydrogen (secondary N) is 3. The summed E-state index contributed by atoms with van der Waals surface area (Å²) in [6.45, 7) is 6.21. The molecule has 1 heterocycles. The van der Waals surface area contributed by atoms with Crippen LogP contribution in [0.2, 0.25) is 0 Å². The second-order valence-electron chi connectivity index (χ2n) is 7.51. The number of rotatable bonds is 9. The van der Waals surface area contributed by atoms with Crippen molar-refractivity contribution in [1.29, 1.82) is 0 Å². The number of halogens is 1. The molecular weight excluding hydrogens is 451 g/mol. The van der Waals surface area contributed by atoms with Crippen LogP contribution in [0.4, 0.5) is 5.69 Å². The van der Waals surface area contributed by atoms with Gasteiger partial charge in [0.2, 0.25) is 5.91 Å². The molecule has 0 aromatic heterocycles. The molecule has 1 aromatic rings. The Morgan fingerprint density at radius 2 is 1.93 bits per heavy atom. The maximum Gasteiger partial charge on any atom is 0.225 e. The zero-order valence-electron chi connectivity index (χ0n) is 16.9. The summed E-state index contributed by atoms with van der Waals surface area (Å²) < 4.78 is 0. The lowest BCUT2D eigenvalue weighted by molar-refractivity contribution is -0.116. The number of benzene rings is 1. The molecule has 152 valence electrons. The standard InChI is InChI=1S/C21H34N4O.HI/c1-16(2)10-6-4-5-9-13-23-21(22-3)24-15-17-14-20(26)25-19-12-8-7-11-18(17)19;/h7-8,11-12,16-17H,4-6,9-10,13-15H2,1-3H3,(H,25,26)(H2,22,23,24);1H. The predicted molar refractivity (Wildman–Crippen MR) is 125 cm³/mol. The van der Waals surface area contributed by atoms with Crippen LogP contribution >= 0.6 is 24.0 Å². The Kier molecular flexibility index (Phi) is 11.4. The zero-order chi connectivity index (χ0) is 18.8. The van der Waals surface area contributed by atoms with Crippen molar-refractivity contribution in [3.05, 3.63) is 29.8 Å². The van der Waals surface area contributed by atoms with E-state index in [-0.39, 0.29) is 35.8 Å². The van der Waals surface area contributed by atoms with E-state index in [1.807, 2.05) is 18.2 Å². The highest BCUT2D eigenvalue weighted by Gasteiger charge is 2.24. The van der Waals surface area contributed by atoms with Crippen molar-refractivity contribution in [2.75, 3.05) is 25.5 Å². The zero-order valence-corrected chi connectivity index (χ0v) is 19.2. The summed E-state index contributed by atoms with van der Waals surface area (Å²) in [6.07, 6.45) is 6.89. The van der Waals surface area contributed by atoms with Crippen LogP contribution in [0, 0.1) is 5.92 Å². The molecule has 1 aromatic carbocycles. The average molecular weight is 486 g/mol. The van der Waals surface area contributed by atoms with E-state index in [9.17, 15) is 4.79 Å². The number of unbranched alkanes of at least 4 members (excludes halogenated alkanes) is 3. The minimum atomic E-state index is 0. The molecule has 1 aliphatic heterocycles. The Balaban J connectivity index is 0.00000364. The summed E-state index contributed by atoms with van der Waals surface area (Å²) >= 11 is 0. The van der Waals surface area contributed by atoms with E-state index in [2.05, 4.69) is 40.9 Å². The van der Waals surface area contributed by atoms with Gasteiger partial charge < -0.3 is 16.0 Å². The van der Waals surface area contributed by atoms with Gasteiger partial charge in [0, 0.05) is 38.2 Å². The number of carbonyl (C=O) groups is 1. The summed E-state index contributed by atoms with van der Waals surface area (Å²) in [5, 5.41) is 9.70. The lowest BCUT2D eigenvalue weighted by Gasteiger charge is -2.26. The Hall–Kier alpha value is -1.31. The second-order valence-corrected chi connectivity index (χ2v) is 7.51. The predicted octanol–water partition coefficient (Wildman–Crippen LogP) is 4.50. The molecular formula is C21H35IN4O. The van der Waals surface area contributed by atoms with Gasteiger partial charge in [-0.25, -0.2) is 0 Å². The molecule has 1 amide bonds. The van der Waals surface area contributed by atoms with Crippen molar-refractivity contribution in [2.24, 2.45) is 10.9 Å². The Morgan fingerprint density at radius 1 is 1.19 bits per heavy atom. The summed E-state index contributed by atoms with van der Waals surface area (Å²) in [4.78, 5) is 16.2. The monoisotopic (exact) mass is 486 g/mol. The molecule has 6 heteroatoms. The third-order valence-electron chi connectivity index (χ3n) is 4.85. The van der Waals surface area contributed by atoms with E-state index in [1.54, 1.807) is 7.05 Å². The van der Waals surface area contributed by atoms with Crippen LogP contribution in [0.1, 0.15) is 63.9 Å². The summed E-state index contributed by atoms with van der Waals surface area (Å²) in [5.74, 6) is 1.88. The third kappa shape index (κ3) is 8.49. The van der Waals surface area contributed by atoms with Crippen molar-refractivity contribution >= 4 is 41.5 Å². The van der Waals surface area contributed by atoms with E-state index in [0.29, 0.717) is 13.0 Å². The Morgan fingerprint density at radius 3 is 2.67 bits per heavy atom. The van der Waals surface area contributed by atoms with Gasteiger partial charge in [-0.3, -0.25) is 9.79 Å². The van der Waals surface area contributed by atoms with Gasteiger partial charge in [-0.2, -0.15) is 0 Å². The van der Waals surface area contributed by atoms with Crippen molar-refractivity contribution in [3.63, 3.8) is 0 Å². The highest BCUT2D eigenvalue weighted by Crippen LogP contribution is 2.31. The van der Waals surface area contributed by atoms with E-state index < -0.39 is 0 Å². The van der Waals surface area contributed by atoms with Crippen molar-refractivity contribution < 1.29 is 4.79 Å². The Bertz CT molecular complexity index is 604. The number of carbonyl (C=O) groups excluding carboxylic acids is 1. The highest BCUT2D eigenvalue weighted by molar-refractivity contribution is 14.0. The van der Waals surface area contributed by atoms with Gasteiger partial charge in [0.15, 0.2) is 5.96 Å². The van der Waals surface area contributed by atoms with Crippen LogP contribution in [0.5, 0.6) is 0 Å². The molecule has 27 heavy (non-hydrogen) atoms. The first-order valence-electron chi connectivity index (χ1n) is 9.93. The molecule has 5 nitrogen and oxygen atoms in total. The molecule has 0 saturated carbocycles. The number of para-hydroxylation sites is 1. The fourth-order valence-electron chi connectivity index (χ4n) is 3.36. The first-order valence-corrected chi connectivity index (χ1v) is 9.93. The van der Waals surface area contributed by atoms with Crippen LogP contribution < -0.4 is 16.0 Å². The number of nitrogens with zero attached hydrogens (tertiary/aromatic N) is 1. The van der Waals surface area contributed by atoms with Gasteiger partial charge in [-0.05, 0) is 24.0 Å². The summed E-state index contributed by atoms with van der Waals surface area (Å²) in [5.41, 5.74) is 2.13. The van der Waals surface area contributed by atoms with E-state index >= 15 is 0 Å². The molecule has 0 aliphatic carbocycles. The summed E-state index contributed by atoms with van der Waals surface area (Å²) in [6, 6.07) is 8.03. The number of amides is 1. The molecule has 0 spiro atoms. The van der Waals surface area contributed by atoms with E-state index in [1.165, 1.54) is 31.2 Å². The topological polar surface area (TPSA) is 65.5 Å². The van der Waals surface area contributed by atoms with Crippen LogP contribution in [0.25, 0.3) is 0 Å². The first-order chi connectivity index (χ1) is 12.6. The van der Waals surface area contributed by atoms with Crippen LogP contribution in [0.3, 0.4) is 0 Å². The second kappa shape index (κ2) is 13.0. The van der Waals surface area contributed by atoms with Crippen LogP contribution in [-0.2, 0) is 4.79 Å². The molecule has 2 rings (SSSR count). The van der Waals surface area contributed by atoms with Gasteiger partial charge in [-0.1, -0.05) is 57.7 Å².